The molecule has 1 unspecified atom stereocenters. The maximum atomic E-state index is 10.9. The van der Waals surface area contributed by atoms with Gasteiger partial charge < -0.3 is 5.32 Å². The summed E-state index contributed by atoms with van der Waals surface area (Å²) >= 11 is 0. The minimum absolute atomic E-state index is 0.166. The summed E-state index contributed by atoms with van der Waals surface area (Å²) in [6.07, 6.45) is 4.25. The second-order valence-corrected chi connectivity index (χ2v) is 6.61. The molecule has 0 aliphatic rings. The van der Waals surface area contributed by atoms with Crippen molar-refractivity contribution in [3.05, 3.63) is 18.0 Å². The predicted molar refractivity (Wildman–Crippen MR) is 68.6 cm³/mol. The van der Waals surface area contributed by atoms with Gasteiger partial charge in [-0.15, -0.1) is 0 Å². The SMILES string of the molecule is CCC(C)n1ccc(CNCCS(C)(=O)=O)n1. The van der Waals surface area contributed by atoms with Crippen LogP contribution in [0.3, 0.4) is 0 Å². The van der Waals surface area contributed by atoms with Gasteiger partial charge in [0.05, 0.1) is 11.4 Å². The Hall–Kier alpha value is -0.880. The molecule has 1 heterocycles. The number of aromatic nitrogens is 2. The Bertz CT molecular complexity index is 439. The topological polar surface area (TPSA) is 64.0 Å². The van der Waals surface area contributed by atoms with Gasteiger partial charge in [0.25, 0.3) is 0 Å². The van der Waals surface area contributed by atoms with Gasteiger partial charge in [-0.3, -0.25) is 4.68 Å². The molecule has 0 saturated carbocycles. The maximum absolute atomic E-state index is 10.9. The summed E-state index contributed by atoms with van der Waals surface area (Å²) in [6.45, 7) is 5.32. The monoisotopic (exact) mass is 259 g/mol. The molecule has 0 aliphatic carbocycles. The van der Waals surface area contributed by atoms with Crippen LogP contribution < -0.4 is 5.32 Å². The molecule has 0 fully saturated rings. The highest BCUT2D eigenvalue weighted by Crippen LogP contribution is 2.08. The number of hydrogen-bond donors (Lipinski definition) is 1. The molecule has 0 aromatic carbocycles. The van der Waals surface area contributed by atoms with Gasteiger partial charge in [-0.25, -0.2) is 8.42 Å². The molecule has 0 radical (unpaired) electrons. The summed E-state index contributed by atoms with van der Waals surface area (Å²) < 4.78 is 23.8. The first-order valence-corrected chi connectivity index (χ1v) is 7.91. The molecular weight excluding hydrogens is 238 g/mol. The van der Waals surface area contributed by atoms with Gasteiger partial charge in [0.2, 0.25) is 0 Å². The van der Waals surface area contributed by atoms with Gasteiger partial charge in [0.1, 0.15) is 9.84 Å². The largest absolute Gasteiger partial charge is 0.310 e. The fourth-order valence-corrected chi connectivity index (χ4v) is 1.89. The molecule has 0 aliphatic heterocycles. The quantitative estimate of drug-likeness (QED) is 0.742. The summed E-state index contributed by atoms with van der Waals surface area (Å²) in [6, 6.07) is 2.36. The first-order chi connectivity index (χ1) is 7.92. The zero-order valence-corrected chi connectivity index (χ0v) is 11.5. The van der Waals surface area contributed by atoms with Crippen LogP contribution in [0.2, 0.25) is 0 Å². The first kappa shape index (κ1) is 14.2. The average Bonchev–Trinajstić information content (AvgIpc) is 2.70. The van der Waals surface area contributed by atoms with E-state index in [0.29, 0.717) is 19.1 Å². The molecule has 1 aromatic rings. The molecule has 1 rings (SSSR count). The fraction of sp³-hybridized carbons (Fsp3) is 0.727. The summed E-state index contributed by atoms with van der Waals surface area (Å²) in [5, 5.41) is 7.49. The molecule has 98 valence electrons. The van der Waals surface area contributed by atoms with Crippen LogP contribution in [-0.2, 0) is 16.4 Å². The molecule has 0 amide bonds. The zero-order chi connectivity index (χ0) is 12.9. The third kappa shape index (κ3) is 5.32. The Morgan fingerprint density at radius 1 is 1.53 bits per heavy atom. The van der Waals surface area contributed by atoms with Gasteiger partial charge in [-0.1, -0.05) is 6.92 Å². The van der Waals surface area contributed by atoms with Crippen LogP contribution in [0.5, 0.6) is 0 Å². The Balaban J connectivity index is 2.35. The van der Waals surface area contributed by atoms with E-state index in [-0.39, 0.29) is 5.75 Å². The van der Waals surface area contributed by atoms with Crippen molar-refractivity contribution in [2.24, 2.45) is 0 Å². The molecule has 0 bridgehead atoms. The highest BCUT2D eigenvalue weighted by atomic mass is 32.2. The lowest BCUT2D eigenvalue weighted by atomic mass is 10.3. The van der Waals surface area contributed by atoms with Gasteiger partial charge in [-0.2, -0.15) is 5.10 Å². The third-order valence-electron chi connectivity index (χ3n) is 2.66. The lowest BCUT2D eigenvalue weighted by Gasteiger charge is -2.08. The van der Waals surface area contributed by atoms with Gasteiger partial charge in [0, 0.05) is 31.6 Å². The maximum Gasteiger partial charge on any atom is 0.148 e. The second kappa shape index (κ2) is 6.16. The van der Waals surface area contributed by atoms with Crippen LogP contribution >= 0.6 is 0 Å². The van der Waals surface area contributed by atoms with Crippen LogP contribution in [0.1, 0.15) is 32.0 Å². The van der Waals surface area contributed by atoms with E-state index in [0.717, 1.165) is 12.1 Å². The molecule has 1 atom stereocenters. The van der Waals surface area contributed by atoms with E-state index in [1.165, 1.54) is 6.26 Å². The van der Waals surface area contributed by atoms with Crippen molar-refractivity contribution in [3.63, 3.8) is 0 Å². The molecule has 5 nitrogen and oxygen atoms in total. The van der Waals surface area contributed by atoms with E-state index in [9.17, 15) is 8.42 Å². The standard InChI is InChI=1S/C11H21N3O2S/c1-4-10(2)14-7-5-11(13-14)9-12-6-8-17(3,15)16/h5,7,10,12H,4,6,8-9H2,1-3H3. The van der Waals surface area contributed by atoms with Crippen LogP contribution in [-0.4, -0.2) is 36.8 Å². The number of nitrogens with one attached hydrogen (secondary N) is 1. The van der Waals surface area contributed by atoms with Crippen molar-refractivity contribution in [2.45, 2.75) is 32.9 Å². The average molecular weight is 259 g/mol. The summed E-state index contributed by atoms with van der Waals surface area (Å²) in [5.74, 6) is 0.166. The van der Waals surface area contributed by atoms with Crippen LogP contribution in [0.4, 0.5) is 0 Å². The fourth-order valence-electron chi connectivity index (χ4n) is 1.38. The normalized spacial score (nSPS) is 13.8. The van der Waals surface area contributed by atoms with Crippen molar-refractivity contribution in [1.29, 1.82) is 0 Å². The van der Waals surface area contributed by atoms with Crippen molar-refractivity contribution in [3.8, 4) is 0 Å². The van der Waals surface area contributed by atoms with Gasteiger partial charge in [-0.05, 0) is 19.4 Å². The van der Waals surface area contributed by atoms with Crippen LogP contribution in [0.15, 0.2) is 12.3 Å². The summed E-state index contributed by atoms with van der Waals surface area (Å²) in [5.41, 5.74) is 0.943. The van der Waals surface area contributed by atoms with Gasteiger partial charge in [0.15, 0.2) is 0 Å². The number of nitrogens with zero attached hydrogens (tertiary/aromatic N) is 2. The highest BCUT2D eigenvalue weighted by molar-refractivity contribution is 7.90. The Kier molecular flexibility index (Phi) is 5.14. The molecule has 0 spiro atoms. The van der Waals surface area contributed by atoms with Crippen molar-refractivity contribution < 1.29 is 8.42 Å². The molecule has 1 aromatic heterocycles. The molecule has 0 saturated heterocycles. The third-order valence-corrected chi connectivity index (χ3v) is 3.61. The van der Waals surface area contributed by atoms with Gasteiger partial charge >= 0.3 is 0 Å². The highest BCUT2D eigenvalue weighted by Gasteiger charge is 2.05. The minimum atomic E-state index is -2.88. The Morgan fingerprint density at radius 2 is 2.24 bits per heavy atom. The van der Waals surface area contributed by atoms with E-state index in [1.54, 1.807) is 0 Å². The smallest absolute Gasteiger partial charge is 0.148 e. The van der Waals surface area contributed by atoms with Crippen molar-refractivity contribution >= 4 is 9.84 Å². The van der Waals surface area contributed by atoms with Crippen molar-refractivity contribution in [2.75, 3.05) is 18.6 Å². The lowest BCUT2D eigenvalue weighted by Crippen LogP contribution is -2.22. The van der Waals surface area contributed by atoms with Crippen LogP contribution in [0, 0.1) is 0 Å². The minimum Gasteiger partial charge on any atom is -0.310 e. The molecule has 17 heavy (non-hydrogen) atoms. The number of rotatable bonds is 7. The molecule has 1 N–H and O–H groups in total. The number of hydrogen-bond acceptors (Lipinski definition) is 4. The first-order valence-electron chi connectivity index (χ1n) is 5.85. The number of sulfone groups is 1. The second-order valence-electron chi connectivity index (χ2n) is 4.35. The molecule has 6 heteroatoms. The predicted octanol–water partition coefficient (Wildman–Crippen LogP) is 0.988. The van der Waals surface area contributed by atoms with E-state index in [4.69, 9.17) is 0 Å². The molecular formula is C11H21N3O2S. The zero-order valence-electron chi connectivity index (χ0n) is 10.7. The summed E-state index contributed by atoms with van der Waals surface area (Å²) in [7, 11) is -2.88. The van der Waals surface area contributed by atoms with E-state index in [1.807, 2.05) is 16.9 Å². The van der Waals surface area contributed by atoms with E-state index < -0.39 is 9.84 Å². The van der Waals surface area contributed by atoms with E-state index in [2.05, 4.69) is 24.3 Å². The Labute approximate surface area is 103 Å². The summed E-state index contributed by atoms with van der Waals surface area (Å²) in [4.78, 5) is 0. The Morgan fingerprint density at radius 3 is 2.82 bits per heavy atom. The lowest BCUT2D eigenvalue weighted by molar-refractivity contribution is 0.471. The van der Waals surface area contributed by atoms with Crippen molar-refractivity contribution in [1.82, 2.24) is 15.1 Å². The van der Waals surface area contributed by atoms with Crippen LogP contribution in [0.25, 0.3) is 0 Å². The van der Waals surface area contributed by atoms with E-state index >= 15 is 0 Å².